The zero-order chi connectivity index (χ0) is 24.9. The Morgan fingerprint density at radius 2 is 1.62 bits per heavy atom. The van der Waals surface area contributed by atoms with E-state index in [2.05, 4.69) is 11.4 Å². The molecule has 1 heterocycles. The number of carbonyl (C=O) groups is 2. The Labute approximate surface area is 203 Å². The van der Waals surface area contributed by atoms with Gasteiger partial charge in [-0.25, -0.2) is 0 Å². The zero-order valence-corrected chi connectivity index (χ0v) is 20.8. The number of hydrogen-bond donors (Lipinski definition) is 2. The molecule has 0 saturated carbocycles. The molecule has 0 unspecified atom stereocenters. The normalized spacial score (nSPS) is 12.8. The highest BCUT2D eigenvalue weighted by atomic mass is 16.2. The largest absolute Gasteiger partial charge is 0.399 e. The van der Waals surface area contributed by atoms with Gasteiger partial charge in [-0.2, -0.15) is 0 Å². The molecule has 0 spiro atoms. The molecule has 1 aliphatic rings. The van der Waals surface area contributed by atoms with Crippen molar-refractivity contribution in [1.82, 2.24) is 0 Å². The zero-order valence-electron chi connectivity index (χ0n) is 20.8. The number of fused-ring (bicyclic) bond motifs is 1. The number of rotatable bonds is 2. The fourth-order valence-electron chi connectivity index (χ4n) is 3.77. The second-order valence-corrected chi connectivity index (χ2v) is 9.81. The second-order valence-electron chi connectivity index (χ2n) is 9.81. The van der Waals surface area contributed by atoms with E-state index in [9.17, 15) is 9.59 Å². The van der Waals surface area contributed by atoms with E-state index in [4.69, 9.17) is 5.73 Å². The molecule has 0 bridgehead atoms. The van der Waals surface area contributed by atoms with Crippen LogP contribution in [0.15, 0.2) is 66.7 Å². The van der Waals surface area contributed by atoms with E-state index in [1.54, 1.807) is 6.92 Å². The van der Waals surface area contributed by atoms with Gasteiger partial charge in [-0.15, -0.1) is 0 Å². The molecule has 0 fully saturated rings. The lowest BCUT2D eigenvalue weighted by atomic mass is 9.94. The minimum absolute atomic E-state index is 0.00260. The van der Waals surface area contributed by atoms with E-state index in [0.717, 1.165) is 47.6 Å². The third-order valence-electron chi connectivity index (χ3n) is 5.79. The van der Waals surface area contributed by atoms with Crippen LogP contribution in [0.3, 0.4) is 0 Å². The lowest BCUT2D eigenvalue weighted by Gasteiger charge is -2.29. The van der Waals surface area contributed by atoms with Gasteiger partial charge in [-0.3, -0.25) is 9.59 Å². The number of nitrogens with zero attached hydrogens (tertiary/aromatic N) is 1. The standard InChI is InChI=1S/C22H26N2O2.C7H9N/c1-15(25)24-12-6-8-18-13-17(10-11-20(18)24)16-7-5-9-19(14-16)23-21(26)22(2,3)4;1-6-2-4-7(8)5-3-6/h5,7,9-11,13-14H,6,8,12H2,1-4H3,(H,23,26);2-5H,8H2,1H3. The molecule has 0 atom stereocenters. The summed E-state index contributed by atoms with van der Waals surface area (Å²) < 4.78 is 0. The Bertz CT molecular complexity index is 1140. The van der Waals surface area contributed by atoms with E-state index in [1.807, 2.05) is 93.3 Å². The van der Waals surface area contributed by atoms with Gasteiger partial charge < -0.3 is 16.0 Å². The molecule has 2 amide bonds. The number of hydrogen-bond acceptors (Lipinski definition) is 3. The van der Waals surface area contributed by atoms with Gasteiger partial charge >= 0.3 is 0 Å². The van der Waals surface area contributed by atoms with Crippen LogP contribution in [0.25, 0.3) is 11.1 Å². The van der Waals surface area contributed by atoms with Crippen molar-refractivity contribution in [1.29, 1.82) is 0 Å². The number of anilines is 3. The summed E-state index contributed by atoms with van der Waals surface area (Å²) in [6, 6.07) is 21.9. The molecule has 5 heteroatoms. The van der Waals surface area contributed by atoms with E-state index in [-0.39, 0.29) is 11.8 Å². The van der Waals surface area contributed by atoms with Gasteiger partial charge in [-0.1, -0.05) is 56.7 Å². The summed E-state index contributed by atoms with van der Waals surface area (Å²) >= 11 is 0. The first-order valence-electron chi connectivity index (χ1n) is 11.7. The number of benzene rings is 3. The van der Waals surface area contributed by atoms with Crippen LogP contribution in [0.5, 0.6) is 0 Å². The van der Waals surface area contributed by atoms with Crippen LogP contribution in [0.1, 0.15) is 45.2 Å². The first-order chi connectivity index (χ1) is 16.0. The Morgan fingerprint density at radius 1 is 0.941 bits per heavy atom. The van der Waals surface area contributed by atoms with Gasteiger partial charge in [0.25, 0.3) is 0 Å². The van der Waals surface area contributed by atoms with Crippen LogP contribution in [-0.4, -0.2) is 18.4 Å². The van der Waals surface area contributed by atoms with Gasteiger partial charge in [0, 0.05) is 35.9 Å². The predicted octanol–water partition coefficient (Wildman–Crippen LogP) is 6.21. The van der Waals surface area contributed by atoms with E-state index in [0.29, 0.717) is 0 Å². The molecule has 178 valence electrons. The van der Waals surface area contributed by atoms with Crippen molar-refractivity contribution in [2.75, 3.05) is 22.5 Å². The smallest absolute Gasteiger partial charge is 0.229 e. The molecular formula is C29H35N3O2. The van der Waals surface area contributed by atoms with E-state index in [1.165, 1.54) is 11.1 Å². The van der Waals surface area contributed by atoms with Crippen LogP contribution < -0.4 is 16.0 Å². The summed E-state index contributed by atoms with van der Waals surface area (Å²) in [4.78, 5) is 25.9. The average Bonchev–Trinajstić information content (AvgIpc) is 2.80. The molecule has 1 aliphatic heterocycles. The summed E-state index contributed by atoms with van der Waals surface area (Å²) in [5.41, 5.74) is 12.2. The van der Waals surface area contributed by atoms with Crippen molar-refractivity contribution in [2.45, 2.75) is 47.5 Å². The van der Waals surface area contributed by atoms with E-state index >= 15 is 0 Å². The highest BCUT2D eigenvalue weighted by molar-refractivity contribution is 5.95. The Balaban J connectivity index is 0.000000343. The first kappa shape index (κ1) is 25.0. The van der Waals surface area contributed by atoms with Gasteiger partial charge in [0.1, 0.15) is 0 Å². The predicted molar refractivity (Wildman–Crippen MR) is 142 cm³/mol. The molecule has 5 nitrogen and oxygen atoms in total. The highest BCUT2D eigenvalue weighted by Crippen LogP contribution is 2.32. The fraction of sp³-hybridized carbons (Fsp3) is 0.310. The summed E-state index contributed by atoms with van der Waals surface area (Å²) in [5, 5.41) is 2.98. The molecular weight excluding hydrogens is 422 g/mol. The number of aryl methyl sites for hydroxylation is 2. The average molecular weight is 458 g/mol. The molecule has 0 radical (unpaired) electrons. The van der Waals surface area contributed by atoms with Crippen molar-refractivity contribution in [2.24, 2.45) is 5.41 Å². The quantitative estimate of drug-likeness (QED) is 0.449. The Hall–Kier alpha value is -3.60. The molecule has 3 N–H and O–H groups in total. The van der Waals surface area contributed by atoms with Crippen LogP contribution in [0.2, 0.25) is 0 Å². The van der Waals surface area contributed by atoms with Crippen molar-refractivity contribution in [3.05, 3.63) is 77.9 Å². The number of carbonyl (C=O) groups excluding carboxylic acids is 2. The first-order valence-corrected chi connectivity index (χ1v) is 11.7. The molecule has 0 aliphatic carbocycles. The maximum absolute atomic E-state index is 12.2. The minimum atomic E-state index is -0.433. The van der Waals surface area contributed by atoms with Crippen molar-refractivity contribution < 1.29 is 9.59 Å². The minimum Gasteiger partial charge on any atom is -0.399 e. The molecule has 4 rings (SSSR count). The molecule has 34 heavy (non-hydrogen) atoms. The SMILES string of the molecule is CC(=O)N1CCCc2cc(-c3cccc(NC(=O)C(C)(C)C)c3)ccc21.Cc1ccc(N)cc1. The van der Waals surface area contributed by atoms with Crippen molar-refractivity contribution in [3.63, 3.8) is 0 Å². The van der Waals surface area contributed by atoms with Crippen LogP contribution >= 0.6 is 0 Å². The van der Waals surface area contributed by atoms with Gasteiger partial charge in [0.05, 0.1) is 0 Å². The van der Waals surface area contributed by atoms with Crippen LogP contribution in [0.4, 0.5) is 17.1 Å². The monoisotopic (exact) mass is 457 g/mol. The van der Waals surface area contributed by atoms with Crippen LogP contribution in [-0.2, 0) is 16.0 Å². The second kappa shape index (κ2) is 10.6. The fourth-order valence-corrected chi connectivity index (χ4v) is 3.77. The summed E-state index contributed by atoms with van der Waals surface area (Å²) in [5.74, 6) is 0.0859. The third kappa shape index (κ3) is 6.47. The van der Waals surface area contributed by atoms with Gasteiger partial charge in [0.15, 0.2) is 0 Å². The third-order valence-corrected chi connectivity index (χ3v) is 5.79. The molecule has 3 aromatic rings. The number of nitrogen functional groups attached to an aromatic ring is 1. The van der Waals surface area contributed by atoms with Crippen LogP contribution in [0, 0.1) is 12.3 Å². The van der Waals surface area contributed by atoms with Crippen molar-refractivity contribution in [3.8, 4) is 11.1 Å². The van der Waals surface area contributed by atoms with Crippen molar-refractivity contribution >= 4 is 28.9 Å². The lowest BCUT2D eigenvalue weighted by molar-refractivity contribution is -0.123. The van der Waals surface area contributed by atoms with Gasteiger partial charge in [-0.05, 0) is 72.9 Å². The number of nitrogens with two attached hydrogens (primary N) is 1. The summed E-state index contributed by atoms with van der Waals surface area (Å²) in [6.45, 7) is 10.1. The number of nitrogens with one attached hydrogen (secondary N) is 1. The lowest BCUT2D eigenvalue weighted by Crippen LogP contribution is -2.33. The van der Waals surface area contributed by atoms with E-state index < -0.39 is 5.41 Å². The maximum Gasteiger partial charge on any atom is 0.229 e. The Morgan fingerprint density at radius 3 is 2.24 bits per heavy atom. The summed E-state index contributed by atoms with van der Waals surface area (Å²) in [6.07, 6.45) is 1.96. The maximum atomic E-state index is 12.2. The summed E-state index contributed by atoms with van der Waals surface area (Å²) in [7, 11) is 0. The topological polar surface area (TPSA) is 75.4 Å². The molecule has 0 saturated heterocycles. The molecule has 3 aromatic carbocycles. The Kier molecular flexibility index (Phi) is 7.77. The highest BCUT2D eigenvalue weighted by Gasteiger charge is 2.22. The molecule has 0 aromatic heterocycles. The van der Waals surface area contributed by atoms with Gasteiger partial charge in [0.2, 0.25) is 11.8 Å². The number of amides is 2.